The number of nitrogens with one attached hydrogen (secondary N) is 1. The van der Waals surface area contributed by atoms with Crippen LogP contribution >= 0.6 is 11.6 Å². The van der Waals surface area contributed by atoms with Crippen molar-refractivity contribution in [3.63, 3.8) is 0 Å². The average molecular weight is 344 g/mol. The van der Waals surface area contributed by atoms with Gasteiger partial charge in [0.2, 0.25) is 0 Å². The van der Waals surface area contributed by atoms with E-state index in [9.17, 15) is 14.7 Å². The normalized spacial score (nSPS) is 10.6. The lowest BCUT2D eigenvalue weighted by molar-refractivity contribution is -0.288. The van der Waals surface area contributed by atoms with Crippen molar-refractivity contribution >= 4 is 34.0 Å². The lowest BCUT2D eigenvalue weighted by atomic mass is 10.1. The number of pyridine rings is 1. The largest absolute Gasteiger partial charge is 0.857 e. The monoisotopic (exact) mass is 343 g/mol. The van der Waals surface area contributed by atoms with Crippen molar-refractivity contribution in [2.75, 3.05) is 12.4 Å². The van der Waals surface area contributed by atoms with E-state index in [0.717, 1.165) is 0 Å². The molecule has 0 aliphatic carbocycles. The maximum absolute atomic E-state index is 12.6. The summed E-state index contributed by atoms with van der Waals surface area (Å²) >= 11 is 5.81. The number of fused-ring (bicyclic) bond motifs is 1. The topological polar surface area (TPSA) is 83.4 Å². The molecule has 0 spiro atoms. The summed E-state index contributed by atoms with van der Waals surface area (Å²) in [7, 11) is 1.19. The van der Waals surface area contributed by atoms with Gasteiger partial charge in [-0.2, -0.15) is 4.73 Å². The van der Waals surface area contributed by atoms with Crippen molar-refractivity contribution < 1.29 is 14.7 Å². The van der Waals surface area contributed by atoms with Crippen LogP contribution in [0.15, 0.2) is 53.3 Å². The van der Waals surface area contributed by atoms with Gasteiger partial charge in [-0.1, -0.05) is 29.8 Å². The number of aromatic nitrogens is 1. The van der Waals surface area contributed by atoms with E-state index in [2.05, 4.69) is 5.32 Å². The van der Waals surface area contributed by atoms with Crippen molar-refractivity contribution in [1.82, 2.24) is 4.73 Å². The summed E-state index contributed by atoms with van der Waals surface area (Å²) in [5.74, 6) is -1.45. The van der Waals surface area contributed by atoms with E-state index >= 15 is 0 Å². The third-order valence-corrected chi connectivity index (χ3v) is 3.77. The lowest BCUT2D eigenvalue weighted by Crippen LogP contribution is -2.31. The Bertz CT molecular complexity index is 980. The zero-order chi connectivity index (χ0) is 17.3. The fourth-order valence-corrected chi connectivity index (χ4v) is 2.54. The van der Waals surface area contributed by atoms with E-state index in [-0.39, 0.29) is 16.3 Å². The van der Waals surface area contributed by atoms with Gasteiger partial charge in [0.15, 0.2) is 0 Å². The van der Waals surface area contributed by atoms with Gasteiger partial charge in [-0.05, 0) is 30.3 Å². The Kier molecular flexibility index (Phi) is 4.14. The Hall–Kier alpha value is -2.99. The maximum atomic E-state index is 12.6. The van der Waals surface area contributed by atoms with Crippen molar-refractivity contribution in [1.29, 1.82) is 0 Å². The summed E-state index contributed by atoms with van der Waals surface area (Å²) in [4.78, 5) is 29.7. The molecule has 1 amide bonds. The minimum atomic E-state index is -0.812. The van der Waals surface area contributed by atoms with Gasteiger partial charge in [0, 0.05) is 22.0 Å². The molecule has 1 aromatic heterocycles. The highest BCUT2D eigenvalue weighted by Crippen LogP contribution is 2.24. The van der Waals surface area contributed by atoms with Crippen LogP contribution in [0.2, 0.25) is 5.02 Å². The predicted octanol–water partition coefficient (Wildman–Crippen LogP) is 2.04. The van der Waals surface area contributed by atoms with Crippen LogP contribution in [0.25, 0.3) is 10.8 Å². The molecule has 0 fully saturated rings. The molecule has 122 valence electrons. The van der Waals surface area contributed by atoms with E-state index in [4.69, 9.17) is 16.4 Å². The van der Waals surface area contributed by atoms with E-state index in [1.54, 1.807) is 42.5 Å². The van der Waals surface area contributed by atoms with Crippen LogP contribution in [0.1, 0.15) is 10.4 Å². The van der Waals surface area contributed by atoms with Crippen LogP contribution in [0.3, 0.4) is 0 Å². The number of halogens is 1. The molecular formula is C17H12ClN2O4-. The SMILES string of the molecule is COn1c([O-])c(C(=O)Nc2ccc(Cl)cc2)c2ccccc2c1=O. The van der Waals surface area contributed by atoms with Crippen LogP contribution in [0.5, 0.6) is 5.88 Å². The molecule has 0 unspecified atom stereocenters. The summed E-state index contributed by atoms with van der Waals surface area (Å²) in [5.41, 5.74) is -0.300. The average Bonchev–Trinajstić information content (AvgIpc) is 2.57. The molecular weight excluding hydrogens is 332 g/mol. The van der Waals surface area contributed by atoms with Crippen LogP contribution in [0, 0.1) is 0 Å². The van der Waals surface area contributed by atoms with Gasteiger partial charge in [-0.3, -0.25) is 9.59 Å². The van der Waals surface area contributed by atoms with Gasteiger partial charge in [0.1, 0.15) is 7.11 Å². The number of rotatable bonds is 3. The minimum absolute atomic E-state index is 0.165. The molecule has 0 aliphatic heterocycles. The molecule has 24 heavy (non-hydrogen) atoms. The Morgan fingerprint density at radius 2 is 1.75 bits per heavy atom. The second-order valence-electron chi connectivity index (χ2n) is 4.97. The van der Waals surface area contributed by atoms with Gasteiger partial charge in [0.25, 0.3) is 11.5 Å². The minimum Gasteiger partial charge on any atom is -0.857 e. The van der Waals surface area contributed by atoms with Gasteiger partial charge in [0.05, 0.1) is 10.9 Å². The Morgan fingerprint density at radius 3 is 2.38 bits per heavy atom. The summed E-state index contributed by atoms with van der Waals surface area (Å²) in [6, 6.07) is 12.8. The zero-order valence-corrected chi connectivity index (χ0v) is 13.3. The summed E-state index contributed by atoms with van der Waals surface area (Å²) < 4.78 is 0.569. The van der Waals surface area contributed by atoms with E-state index < -0.39 is 17.3 Å². The lowest BCUT2D eigenvalue weighted by Gasteiger charge is -2.20. The predicted molar refractivity (Wildman–Crippen MR) is 89.6 cm³/mol. The number of anilines is 1. The quantitative estimate of drug-likeness (QED) is 0.788. The molecule has 3 rings (SSSR count). The Morgan fingerprint density at radius 1 is 1.12 bits per heavy atom. The van der Waals surface area contributed by atoms with Crippen LogP contribution < -0.4 is 20.8 Å². The smallest absolute Gasteiger partial charge is 0.290 e. The fourth-order valence-electron chi connectivity index (χ4n) is 2.42. The number of hydrogen-bond acceptors (Lipinski definition) is 4. The fraction of sp³-hybridized carbons (Fsp3) is 0.0588. The Labute approximate surface area is 141 Å². The molecule has 3 aromatic rings. The molecule has 0 radical (unpaired) electrons. The first-order chi connectivity index (χ1) is 11.5. The molecule has 0 aliphatic rings. The highest BCUT2D eigenvalue weighted by atomic mass is 35.5. The van der Waals surface area contributed by atoms with Gasteiger partial charge < -0.3 is 15.3 Å². The first-order valence-electron chi connectivity index (χ1n) is 6.99. The highest BCUT2D eigenvalue weighted by Gasteiger charge is 2.17. The van der Waals surface area contributed by atoms with Gasteiger partial charge >= 0.3 is 0 Å². The van der Waals surface area contributed by atoms with Crippen LogP contribution in [-0.2, 0) is 0 Å². The van der Waals surface area contributed by atoms with E-state index in [1.807, 2.05) is 0 Å². The van der Waals surface area contributed by atoms with E-state index in [1.165, 1.54) is 13.2 Å². The molecule has 0 saturated carbocycles. The van der Waals surface area contributed by atoms with Crippen molar-refractivity contribution in [3.05, 3.63) is 69.5 Å². The number of carbonyl (C=O) groups excluding carboxylic acids is 1. The third kappa shape index (κ3) is 2.68. The first kappa shape index (κ1) is 15.9. The van der Waals surface area contributed by atoms with Crippen LogP contribution in [-0.4, -0.2) is 17.7 Å². The number of amides is 1. The Balaban J connectivity index is 2.16. The molecule has 7 heteroatoms. The summed E-state index contributed by atoms with van der Waals surface area (Å²) in [6.45, 7) is 0. The molecule has 1 heterocycles. The molecule has 2 aromatic carbocycles. The van der Waals surface area contributed by atoms with Crippen molar-refractivity contribution in [2.45, 2.75) is 0 Å². The van der Waals surface area contributed by atoms with Crippen molar-refractivity contribution in [2.24, 2.45) is 0 Å². The standard InChI is InChI=1S/C17H13ClN2O4/c1-24-20-16(22)13-5-3-2-4-12(13)14(17(20)23)15(21)19-11-8-6-10(18)7-9-11/h2-9,23H,1H3,(H,19,21)/p-1. The van der Waals surface area contributed by atoms with Crippen molar-refractivity contribution in [3.8, 4) is 5.88 Å². The van der Waals surface area contributed by atoms with Gasteiger partial charge in [-0.15, -0.1) is 0 Å². The first-order valence-corrected chi connectivity index (χ1v) is 7.37. The highest BCUT2D eigenvalue weighted by molar-refractivity contribution is 6.30. The second kappa shape index (κ2) is 6.25. The molecule has 0 atom stereocenters. The maximum Gasteiger partial charge on any atom is 0.290 e. The summed E-state index contributed by atoms with van der Waals surface area (Å²) in [6.07, 6.45) is 0. The number of carbonyl (C=O) groups is 1. The third-order valence-electron chi connectivity index (χ3n) is 3.52. The second-order valence-corrected chi connectivity index (χ2v) is 5.41. The summed E-state index contributed by atoms with van der Waals surface area (Å²) in [5, 5.41) is 16.1. The molecule has 6 nitrogen and oxygen atoms in total. The number of benzene rings is 2. The molecule has 0 saturated heterocycles. The zero-order valence-electron chi connectivity index (χ0n) is 12.6. The number of nitrogens with zero attached hydrogens (tertiary/aromatic N) is 1. The molecule has 0 bridgehead atoms. The van der Waals surface area contributed by atoms with E-state index in [0.29, 0.717) is 15.4 Å². The van der Waals surface area contributed by atoms with Crippen LogP contribution in [0.4, 0.5) is 5.69 Å². The molecule has 1 N–H and O–H groups in total. The number of hydrogen-bond donors (Lipinski definition) is 1. The van der Waals surface area contributed by atoms with Gasteiger partial charge in [-0.25, -0.2) is 0 Å².